The molecule has 1 saturated heterocycles. The van der Waals surface area contributed by atoms with E-state index >= 15 is 0 Å². The van der Waals surface area contributed by atoms with E-state index in [1.165, 1.54) is 17.7 Å². The van der Waals surface area contributed by atoms with Gasteiger partial charge in [0.15, 0.2) is 16.4 Å². The highest BCUT2D eigenvalue weighted by atomic mass is 32.1. The van der Waals surface area contributed by atoms with Gasteiger partial charge >= 0.3 is 0 Å². The third-order valence-corrected chi connectivity index (χ3v) is 7.86. The van der Waals surface area contributed by atoms with Gasteiger partial charge in [0, 0.05) is 35.9 Å². The maximum atomic E-state index is 12.9. The highest BCUT2D eigenvalue weighted by Gasteiger charge is 2.23. The SMILES string of the molecule is Cc1ccc(CC(=O)c2nc(C(C)(C)C)cs2)cc1C#Cc1nn(CC2CCN(C)C2)c2ncnc(N)c12. The van der Waals surface area contributed by atoms with Crippen molar-refractivity contribution in [3.05, 3.63) is 63.0 Å². The molecule has 2 N–H and O–H groups in total. The number of anilines is 1. The average molecular weight is 528 g/mol. The summed E-state index contributed by atoms with van der Waals surface area (Å²) >= 11 is 1.41. The average Bonchev–Trinajstić information content (AvgIpc) is 3.59. The number of benzene rings is 1. The van der Waals surface area contributed by atoms with Gasteiger partial charge in [0.1, 0.15) is 17.8 Å². The van der Waals surface area contributed by atoms with Gasteiger partial charge in [-0.25, -0.2) is 19.6 Å². The van der Waals surface area contributed by atoms with Gasteiger partial charge in [0.25, 0.3) is 0 Å². The Labute approximate surface area is 227 Å². The van der Waals surface area contributed by atoms with Crippen LogP contribution in [0.2, 0.25) is 0 Å². The topological polar surface area (TPSA) is 103 Å². The molecule has 1 atom stereocenters. The van der Waals surface area contributed by atoms with Crippen LogP contribution in [0.25, 0.3) is 11.0 Å². The number of thiazole rings is 1. The van der Waals surface area contributed by atoms with Gasteiger partial charge in [-0.05, 0) is 56.0 Å². The number of fused-ring (bicyclic) bond motifs is 1. The Morgan fingerprint density at radius 1 is 1.24 bits per heavy atom. The Morgan fingerprint density at radius 3 is 2.76 bits per heavy atom. The molecule has 8 nitrogen and oxygen atoms in total. The van der Waals surface area contributed by atoms with E-state index in [2.05, 4.69) is 59.5 Å². The summed E-state index contributed by atoms with van der Waals surface area (Å²) in [5, 5.41) is 8.01. The van der Waals surface area contributed by atoms with Gasteiger partial charge < -0.3 is 10.6 Å². The number of ketones is 1. The van der Waals surface area contributed by atoms with Crippen molar-refractivity contribution in [2.24, 2.45) is 5.92 Å². The Kier molecular flexibility index (Phi) is 7.03. The zero-order chi connectivity index (χ0) is 27.0. The predicted molar refractivity (Wildman–Crippen MR) is 151 cm³/mol. The van der Waals surface area contributed by atoms with Crippen molar-refractivity contribution in [3.8, 4) is 11.8 Å². The van der Waals surface area contributed by atoms with Crippen LogP contribution in [-0.4, -0.2) is 55.6 Å². The van der Waals surface area contributed by atoms with Crippen molar-refractivity contribution in [1.29, 1.82) is 0 Å². The van der Waals surface area contributed by atoms with E-state index in [-0.39, 0.29) is 17.6 Å². The van der Waals surface area contributed by atoms with E-state index in [0.29, 0.717) is 33.5 Å². The minimum Gasteiger partial charge on any atom is -0.383 e. The van der Waals surface area contributed by atoms with Gasteiger partial charge in [0.05, 0.1) is 11.1 Å². The molecule has 3 aromatic heterocycles. The predicted octanol–water partition coefficient (Wildman–Crippen LogP) is 4.25. The highest BCUT2D eigenvalue weighted by Crippen LogP contribution is 2.26. The van der Waals surface area contributed by atoms with Crippen LogP contribution in [0.15, 0.2) is 29.9 Å². The first-order valence-corrected chi connectivity index (χ1v) is 13.7. The molecule has 1 aromatic carbocycles. The molecule has 0 aliphatic carbocycles. The molecular formula is C29H33N7OS. The zero-order valence-corrected chi connectivity index (χ0v) is 23.4. The minimum atomic E-state index is -0.0826. The number of aryl methyl sites for hydroxylation is 1. The van der Waals surface area contributed by atoms with E-state index in [1.807, 2.05) is 35.2 Å². The third kappa shape index (κ3) is 5.47. The standard InChI is InChI=1S/C29H33N7OS/c1-18-6-7-19(13-23(37)28-33-24(16-38-28)29(2,3)4)12-21(18)8-9-22-25-26(30)31-17-32-27(25)36(34-22)15-20-10-11-35(5)14-20/h6-7,12,16-17,20H,10-11,13-15H2,1-5H3,(H2,30,31,32). The molecule has 0 amide bonds. The molecule has 9 heteroatoms. The summed E-state index contributed by atoms with van der Waals surface area (Å²) in [6.07, 6.45) is 2.88. The van der Waals surface area contributed by atoms with Gasteiger partial charge in [-0.15, -0.1) is 11.3 Å². The minimum absolute atomic E-state index is 0.0143. The first kappa shape index (κ1) is 26.0. The molecule has 5 rings (SSSR count). The molecule has 4 aromatic rings. The summed E-state index contributed by atoms with van der Waals surface area (Å²) in [5.41, 5.74) is 11.2. The maximum Gasteiger partial charge on any atom is 0.195 e. The number of nitrogen functional groups attached to an aromatic ring is 1. The molecule has 1 fully saturated rings. The fourth-order valence-electron chi connectivity index (χ4n) is 4.71. The molecule has 4 heterocycles. The van der Waals surface area contributed by atoms with E-state index < -0.39 is 0 Å². The second-order valence-electron chi connectivity index (χ2n) is 11.2. The quantitative estimate of drug-likeness (QED) is 0.306. The van der Waals surface area contributed by atoms with Crippen LogP contribution in [-0.2, 0) is 18.4 Å². The van der Waals surface area contributed by atoms with Gasteiger partial charge in [-0.1, -0.05) is 38.8 Å². The lowest BCUT2D eigenvalue weighted by molar-refractivity contribution is 0.0992. The number of carbonyl (C=O) groups is 1. The van der Waals surface area contributed by atoms with Crippen LogP contribution in [0.4, 0.5) is 5.82 Å². The summed E-state index contributed by atoms with van der Waals surface area (Å²) < 4.78 is 1.92. The molecule has 196 valence electrons. The van der Waals surface area contributed by atoms with Crippen LogP contribution < -0.4 is 5.73 Å². The monoisotopic (exact) mass is 527 g/mol. The van der Waals surface area contributed by atoms with E-state index in [0.717, 1.165) is 48.4 Å². The van der Waals surface area contributed by atoms with E-state index in [9.17, 15) is 4.79 Å². The first-order chi connectivity index (χ1) is 18.1. The van der Waals surface area contributed by atoms with Crippen LogP contribution in [0.1, 0.15) is 65.1 Å². The van der Waals surface area contributed by atoms with Crippen LogP contribution in [0.3, 0.4) is 0 Å². The fourth-order valence-corrected chi connectivity index (χ4v) is 5.70. The number of nitrogens with zero attached hydrogens (tertiary/aromatic N) is 6. The number of rotatable bonds is 5. The summed E-state index contributed by atoms with van der Waals surface area (Å²) in [5.74, 6) is 7.40. The molecule has 0 saturated carbocycles. The summed E-state index contributed by atoms with van der Waals surface area (Å²) in [6, 6.07) is 5.96. The molecule has 1 unspecified atom stereocenters. The van der Waals surface area contributed by atoms with Gasteiger partial charge in [0.2, 0.25) is 0 Å². The number of likely N-dealkylation sites (tertiary alicyclic amines) is 1. The van der Waals surface area contributed by atoms with Crippen LogP contribution >= 0.6 is 11.3 Å². The van der Waals surface area contributed by atoms with Crippen molar-refractivity contribution in [1.82, 2.24) is 29.6 Å². The molecule has 1 aliphatic rings. The van der Waals surface area contributed by atoms with Crippen molar-refractivity contribution in [2.45, 2.75) is 52.5 Å². The van der Waals surface area contributed by atoms with Crippen molar-refractivity contribution in [3.63, 3.8) is 0 Å². The third-order valence-electron chi connectivity index (χ3n) is 6.97. The number of aromatic nitrogens is 5. The second-order valence-corrected chi connectivity index (χ2v) is 12.1. The number of carbonyl (C=O) groups excluding carboxylic acids is 1. The Hall–Kier alpha value is -3.61. The molecule has 0 radical (unpaired) electrons. The molecule has 0 spiro atoms. The maximum absolute atomic E-state index is 12.9. The number of hydrogen-bond donors (Lipinski definition) is 1. The summed E-state index contributed by atoms with van der Waals surface area (Å²) in [6.45, 7) is 11.2. The first-order valence-electron chi connectivity index (χ1n) is 12.8. The Bertz CT molecular complexity index is 1570. The number of nitrogens with two attached hydrogens (primary N) is 1. The summed E-state index contributed by atoms with van der Waals surface area (Å²) in [7, 11) is 2.14. The Balaban J connectivity index is 1.41. The molecular weight excluding hydrogens is 494 g/mol. The zero-order valence-electron chi connectivity index (χ0n) is 22.6. The summed E-state index contributed by atoms with van der Waals surface area (Å²) in [4.78, 5) is 28.5. The number of Topliss-reactive ketones (excluding diaryl/α,β-unsaturated/α-hetero) is 1. The highest BCUT2D eigenvalue weighted by molar-refractivity contribution is 7.11. The largest absolute Gasteiger partial charge is 0.383 e. The molecule has 38 heavy (non-hydrogen) atoms. The van der Waals surface area contributed by atoms with Crippen LogP contribution in [0.5, 0.6) is 0 Å². The van der Waals surface area contributed by atoms with E-state index in [1.54, 1.807) is 0 Å². The second kappa shape index (κ2) is 10.3. The van der Waals surface area contributed by atoms with Crippen molar-refractivity contribution >= 4 is 34.0 Å². The lowest BCUT2D eigenvalue weighted by atomic mass is 9.93. The lowest BCUT2D eigenvalue weighted by Gasteiger charge is -2.14. The Morgan fingerprint density at radius 2 is 2.05 bits per heavy atom. The normalized spacial score (nSPS) is 16.1. The van der Waals surface area contributed by atoms with Crippen molar-refractivity contribution in [2.75, 3.05) is 25.9 Å². The number of hydrogen-bond acceptors (Lipinski definition) is 8. The smallest absolute Gasteiger partial charge is 0.195 e. The fraction of sp³-hybridized carbons (Fsp3) is 0.414. The van der Waals surface area contributed by atoms with Crippen LogP contribution in [0, 0.1) is 24.7 Å². The lowest BCUT2D eigenvalue weighted by Crippen LogP contribution is -2.17. The molecule has 0 bridgehead atoms. The molecule has 1 aliphatic heterocycles. The van der Waals surface area contributed by atoms with Crippen molar-refractivity contribution < 1.29 is 4.79 Å². The van der Waals surface area contributed by atoms with E-state index in [4.69, 9.17) is 10.8 Å². The van der Waals surface area contributed by atoms with Gasteiger partial charge in [-0.2, -0.15) is 5.10 Å². The van der Waals surface area contributed by atoms with Gasteiger partial charge in [-0.3, -0.25) is 4.79 Å².